The Kier molecular flexibility index (Phi) is 4.35. The number of aromatic nitrogens is 1. The molecule has 0 amide bonds. The third-order valence-corrected chi connectivity index (χ3v) is 4.57. The zero-order valence-corrected chi connectivity index (χ0v) is 13.5. The Morgan fingerprint density at radius 3 is 2.50 bits per heavy atom. The van der Waals surface area contributed by atoms with Crippen LogP contribution >= 0.6 is 11.3 Å². The van der Waals surface area contributed by atoms with Crippen LogP contribution in [0.15, 0.2) is 60.8 Å². The molecule has 22 heavy (non-hydrogen) atoms. The molecule has 1 aromatic carbocycles. The van der Waals surface area contributed by atoms with E-state index in [0.29, 0.717) is 0 Å². The molecule has 0 atom stereocenters. The summed E-state index contributed by atoms with van der Waals surface area (Å²) in [5.41, 5.74) is 3.31. The summed E-state index contributed by atoms with van der Waals surface area (Å²) in [5.74, 6) is 0. The lowest BCUT2D eigenvalue weighted by Crippen LogP contribution is -2.05. The van der Waals surface area contributed by atoms with Crippen LogP contribution in [0.25, 0.3) is 23.4 Å². The second-order valence-electron chi connectivity index (χ2n) is 5.24. The number of anilines is 1. The number of hydrogen-bond acceptors (Lipinski definition) is 3. The molecule has 0 unspecified atom stereocenters. The fourth-order valence-corrected chi connectivity index (χ4v) is 3.00. The fraction of sp³-hybridized carbons (Fsp3) is 0.105. The maximum Gasteiger partial charge on any atom is 0.0909 e. The number of nitrogens with zero attached hydrogens (tertiary/aromatic N) is 2. The molecule has 0 fully saturated rings. The van der Waals surface area contributed by atoms with E-state index in [9.17, 15) is 0 Å². The van der Waals surface area contributed by atoms with E-state index in [-0.39, 0.29) is 0 Å². The minimum Gasteiger partial charge on any atom is -0.370 e. The summed E-state index contributed by atoms with van der Waals surface area (Å²) in [6, 6.07) is 18.7. The molecule has 0 aliphatic heterocycles. The van der Waals surface area contributed by atoms with Crippen molar-refractivity contribution in [3.05, 3.63) is 71.2 Å². The van der Waals surface area contributed by atoms with Crippen molar-refractivity contribution in [3.63, 3.8) is 0 Å². The molecule has 0 saturated heterocycles. The van der Waals surface area contributed by atoms with Crippen LogP contribution in [0.1, 0.15) is 10.4 Å². The fourth-order valence-electron chi connectivity index (χ4n) is 2.17. The molecule has 2 heterocycles. The van der Waals surface area contributed by atoms with Crippen molar-refractivity contribution in [1.82, 2.24) is 4.98 Å². The molecule has 0 saturated carbocycles. The van der Waals surface area contributed by atoms with Crippen molar-refractivity contribution in [1.29, 1.82) is 0 Å². The van der Waals surface area contributed by atoms with Gasteiger partial charge in [0.2, 0.25) is 0 Å². The highest BCUT2D eigenvalue weighted by molar-refractivity contribution is 7.16. The van der Waals surface area contributed by atoms with Crippen LogP contribution in [0.2, 0.25) is 0 Å². The first-order valence-electron chi connectivity index (χ1n) is 7.19. The molecule has 3 rings (SSSR count). The molecule has 0 spiro atoms. The molecular formula is C19H18N2S. The number of pyridine rings is 1. The zero-order valence-electron chi connectivity index (χ0n) is 12.7. The van der Waals surface area contributed by atoms with E-state index in [4.69, 9.17) is 0 Å². The van der Waals surface area contributed by atoms with Crippen LogP contribution in [-0.4, -0.2) is 19.1 Å². The van der Waals surface area contributed by atoms with Crippen LogP contribution in [0.3, 0.4) is 0 Å². The van der Waals surface area contributed by atoms with Gasteiger partial charge in [-0.2, -0.15) is 0 Å². The molecule has 0 bridgehead atoms. The largest absolute Gasteiger partial charge is 0.370 e. The Labute approximate surface area is 135 Å². The van der Waals surface area contributed by atoms with Crippen molar-refractivity contribution < 1.29 is 0 Å². The first-order chi connectivity index (χ1) is 10.7. The number of hydrogen-bond donors (Lipinski definition) is 0. The highest BCUT2D eigenvalue weighted by atomic mass is 32.1. The van der Waals surface area contributed by atoms with E-state index in [2.05, 4.69) is 66.5 Å². The van der Waals surface area contributed by atoms with Gasteiger partial charge in [0, 0.05) is 30.7 Å². The van der Waals surface area contributed by atoms with E-state index >= 15 is 0 Å². The lowest BCUT2D eigenvalue weighted by atomic mass is 10.1. The Morgan fingerprint density at radius 1 is 0.955 bits per heavy atom. The van der Waals surface area contributed by atoms with Gasteiger partial charge in [-0.15, -0.1) is 11.3 Å². The summed E-state index contributed by atoms with van der Waals surface area (Å²) in [4.78, 5) is 7.83. The predicted octanol–water partition coefficient (Wildman–Crippen LogP) is 5.05. The molecule has 0 radical (unpaired) electrons. The third kappa shape index (κ3) is 3.43. The van der Waals surface area contributed by atoms with Gasteiger partial charge >= 0.3 is 0 Å². The van der Waals surface area contributed by atoms with Gasteiger partial charge < -0.3 is 4.90 Å². The van der Waals surface area contributed by atoms with Crippen LogP contribution in [0, 0.1) is 0 Å². The summed E-state index contributed by atoms with van der Waals surface area (Å²) in [6.45, 7) is 0. The van der Waals surface area contributed by atoms with Gasteiger partial charge in [-0.05, 0) is 35.9 Å². The Bertz CT molecular complexity index is 773. The van der Waals surface area contributed by atoms with Gasteiger partial charge in [0.05, 0.1) is 10.7 Å². The second-order valence-corrected chi connectivity index (χ2v) is 6.34. The highest BCUT2D eigenvalue weighted by Crippen LogP contribution is 2.26. The van der Waals surface area contributed by atoms with Gasteiger partial charge in [0.25, 0.3) is 0 Å². The maximum atomic E-state index is 4.45. The summed E-state index contributed by atoms with van der Waals surface area (Å²) in [5, 5.41) is 1.26. The molecule has 110 valence electrons. The summed E-state index contributed by atoms with van der Waals surface area (Å²) in [7, 11) is 4.13. The van der Waals surface area contributed by atoms with Crippen molar-refractivity contribution in [2.45, 2.75) is 0 Å². The summed E-state index contributed by atoms with van der Waals surface area (Å²) in [6.07, 6.45) is 6.16. The maximum absolute atomic E-state index is 4.45. The molecule has 3 aromatic rings. The van der Waals surface area contributed by atoms with Crippen molar-refractivity contribution >= 4 is 28.5 Å². The topological polar surface area (TPSA) is 16.1 Å². The normalized spacial score (nSPS) is 11.0. The van der Waals surface area contributed by atoms with E-state index < -0.39 is 0 Å². The van der Waals surface area contributed by atoms with E-state index in [1.54, 1.807) is 11.3 Å². The van der Waals surface area contributed by atoms with E-state index in [1.165, 1.54) is 9.88 Å². The monoisotopic (exact) mass is 306 g/mol. The van der Waals surface area contributed by atoms with Crippen molar-refractivity contribution in [2.24, 2.45) is 0 Å². The van der Waals surface area contributed by atoms with Gasteiger partial charge in [0.1, 0.15) is 0 Å². The van der Waals surface area contributed by atoms with E-state index in [1.807, 2.05) is 30.5 Å². The average Bonchev–Trinajstić information content (AvgIpc) is 3.03. The number of thiophene rings is 1. The SMILES string of the molecule is CN(C)c1ccc(/C=C/c2ccnc(-c3ccccc3)c2)s1. The standard InChI is InChI=1S/C19H18N2S/c1-21(2)19-11-10-17(22-19)9-8-15-12-13-20-18(14-15)16-6-4-3-5-7-16/h3-14H,1-2H3/b9-8+. The molecule has 2 aromatic heterocycles. The minimum atomic E-state index is 1.00. The number of benzene rings is 1. The third-order valence-electron chi connectivity index (χ3n) is 3.35. The minimum absolute atomic E-state index is 1.00. The van der Waals surface area contributed by atoms with Gasteiger partial charge in [-0.25, -0.2) is 0 Å². The van der Waals surface area contributed by atoms with Crippen LogP contribution in [-0.2, 0) is 0 Å². The first kappa shape index (κ1) is 14.5. The van der Waals surface area contributed by atoms with Gasteiger partial charge in [0.15, 0.2) is 0 Å². The Hall–Kier alpha value is -2.39. The van der Waals surface area contributed by atoms with E-state index in [0.717, 1.165) is 16.8 Å². The Balaban J connectivity index is 1.82. The zero-order chi connectivity index (χ0) is 15.4. The van der Waals surface area contributed by atoms with Crippen LogP contribution in [0.5, 0.6) is 0 Å². The molecular weight excluding hydrogens is 288 g/mol. The highest BCUT2D eigenvalue weighted by Gasteiger charge is 2.00. The lowest BCUT2D eigenvalue weighted by Gasteiger charge is -2.06. The molecule has 3 heteroatoms. The smallest absolute Gasteiger partial charge is 0.0909 e. The summed E-state index contributed by atoms with van der Waals surface area (Å²) >= 11 is 1.78. The number of rotatable bonds is 4. The molecule has 0 N–H and O–H groups in total. The Morgan fingerprint density at radius 2 is 1.77 bits per heavy atom. The van der Waals surface area contributed by atoms with Gasteiger partial charge in [-0.3, -0.25) is 4.98 Å². The van der Waals surface area contributed by atoms with Crippen LogP contribution < -0.4 is 4.90 Å². The van der Waals surface area contributed by atoms with Crippen molar-refractivity contribution in [3.8, 4) is 11.3 Å². The summed E-state index contributed by atoms with van der Waals surface area (Å²) < 4.78 is 0. The van der Waals surface area contributed by atoms with Crippen molar-refractivity contribution in [2.75, 3.05) is 19.0 Å². The quantitative estimate of drug-likeness (QED) is 0.671. The lowest BCUT2D eigenvalue weighted by molar-refractivity contribution is 1.16. The molecule has 2 nitrogen and oxygen atoms in total. The average molecular weight is 306 g/mol. The predicted molar refractivity (Wildman–Crippen MR) is 97.2 cm³/mol. The van der Waals surface area contributed by atoms with Gasteiger partial charge in [-0.1, -0.05) is 36.4 Å². The second kappa shape index (κ2) is 6.58. The molecule has 0 aliphatic rings. The van der Waals surface area contributed by atoms with Crippen LogP contribution in [0.4, 0.5) is 5.00 Å². The first-order valence-corrected chi connectivity index (χ1v) is 8.01. The molecule has 0 aliphatic carbocycles.